The highest BCUT2D eigenvalue weighted by atomic mass is 32.2. The van der Waals surface area contributed by atoms with Gasteiger partial charge in [-0.05, 0) is 69.6 Å². The second-order valence-corrected chi connectivity index (χ2v) is 11.2. The van der Waals surface area contributed by atoms with E-state index in [4.69, 9.17) is 4.84 Å². The van der Waals surface area contributed by atoms with Crippen LogP contribution in [0.4, 0.5) is 0 Å². The van der Waals surface area contributed by atoms with Gasteiger partial charge in [-0.25, -0.2) is 0 Å². The molecule has 0 aromatic heterocycles. The molecule has 1 atom stereocenters. The van der Waals surface area contributed by atoms with Crippen molar-refractivity contribution in [2.75, 3.05) is 0 Å². The lowest BCUT2D eigenvalue weighted by atomic mass is 9.54. The molecule has 118 valence electrons. The highest BCUT2D eigenvalue weighted by Gasteiger charge is 2.68. The Labute approximate surface area is 133 Å². The van der Waals surface area contributed by atoms with E-state index in [0.29, 0.717) is 10.8 Å². The summed E-state index contributed by atoms with van der Waals surface area (Å²) in [6, 6.07) is 0. The molecule has 2 heterocycles. The van der Waals surface area contributed by atoms with Crippen molar-refractivity contribution in [2.24, 2.45) is 29.1 Å². The molecule has 0 radical (unpaired) electrons. The minimum atomic E-state index is 0.146. The van der Waals surface area contributed by atoms with Crippen molar-refractivity contribution in [1.82, 2.24) is 5.06 Å². The van der Waals surface area contributed by atoms with Crippen molar-refractivity contribution in [3.8, 4) is 0 Å². The maximum atomic E-state index is 6.90. The summed E-state index contributed by atoms with van der Waals surface area (Å²) in [5.41, 5.74) is 0.561. The molecule has 4 saturated carbocycles. The van der Waals surface area contributed by atoms with E-state index < -0.39 is 0 Å². The van der Waals surface area contributed by atoms with Gasteiger partial charge in [0.2, 0.25) is 0 Å². The summed E-state index contributed by atoms with van der Waals surface area (Å²) in [5.74, 6) is 3.71. The van der Waals surface area contributed by atoms with Gasteiger partial charge in [0.1, 0.15) is 4.93 Å². The predicted molar refractivity (Wildman–Crippen MR) is 86.6 cm³/mol. The SMILES string of the molecule is CC1(C)CC(C)(C)N2OC3(SC21)C1CC2CC(C1)CC3C2. The van der Waals surface area contributed by atoms with Gasteiger partial charge in [-0.2, -0.15) is 5.06 Å². The Morgan fingerprint density at radius 2 is 1.48 bits per heavy atom. The van der Waals surface area contributed by atoms with Gasteiger partial charge in [0.05, 0.1) is 5.37 Å². The smallest absolute Gasteiger partial charge is 0.142 e. The van der Waals surface area contributed by atoms with Crippen LogP contribution in [0.5, 0.6) is 0 Å². The first-order valence-corrected chi connectivity index (χ1v) is 9.84. The van der Waals surface area contributed by atoms with E-state index in [1.807, 2.05) is 0 Å². The number of hydrogen-bond donors (Lipinski definition) is 0. The summed E-state index contributed by atoms with van der Waals surface area (Å²) >= 11 is 2.23. The van der Waals surface area contributed by atoms with E-state index in [-0.39, 0.29) is 10.5 Å². The summed E-state index contributed by atoms with van der Waals surface area (Å²) in [5, 5.41) is 2.99. The Bertz CT molecular complexity index is 434. The minimum absolute atomic E-state index is 0.146. The number of hydrogen-bond acceptors (Lipinski definition) is 3. The lowest BCUT2D eigenvalue weighted by Crippen LogP contribution is -2.57. The zero-order valence-electron chi connectivity index (χ0n) is 13.9. The third-order valence-corrected chi connectivity index (χ3v) is 9.34. The van der Waals surface area contributed by atoms with Crippen LogP contribution in [0, 0.1) is 29.1 Å². The molecule has 1 unspecified atom stereocenters. The van der Waals surface area contributed by atoms with E-state index >= 15 is 0 Å². The van der Waals surface area contributed by atoms with Gasteiger partial charge in [0.15, 0.2) is 0 Å². The Morgan fingerprint density at radius 1 is 0.905 bits per heavy atom. The molecule has 6 aliphatic rings. The molecule has 2 aliphatic heterocycles. The standard InChI is InChI=1S/C18H29NOS/c1-16(2)10-17(3,4)19-15(16)21-18(20-19)13-6-11-5-12(8-13)9-14(18)7-11/h11-15H,5-10H2,1-4H3. The summed E-state index contributed by atoms with van der Waals surface area (Å²) < 4.78 is 0. The number of fused-ring (bicyclic) bond motifs is 1. The fourth-order valence-electron chi connectivity index (χ4n) is 6.83. The van der Waals surface area contributed by atoms with Gasteiger partial charge in [-0.3, -0.25) is 4.84 Å². The average molecular weight is 308 g/mol. The third-order valence-electron chi connectivity index (χ3n) is 7.18. The molecule has 6 fully saturated rings. The lowest BCUT2D eigenvalue weighted by molar-refractivity contribution is -0.284. The van der Waals surface area contributed by atoms with Crippen molar-refractivity contribution >= 4 is 11.8 Å². The van der Waals surface area contributed by atoms with Crippen LogP contribution in [0.15, 0.2) is 0 Å². The van der Waals surface area contributed by atoms with Gasteiger partial charge in [-0.1, -0.05) is 13.8 Å². The second-order valence-electron chi connectivity index (χ2n) is 9.89. The fourth-order valence-corrected chi connectivity index (χ4v) is 8.89. The summed E-state index contributed by atoms with van der Waals surface area (Å²) in [7, 11) is 0. The Balaban J connectivity index is 1.53. The monoisotopic (exact) mass is 307 g/mol. The first-order valence-electron chi connectivity index (χ1n) is 8.96. The van der Waals surface area contributed by atoms with Gasteiger partial charge >= 0.3 is 0 Å². The van der Waals surface area contributed by atoms with E-state index in [1.165, 1.54) is 38.5 Å². The Hall–Kier alpha value is 0.270. The fraction of sp³-hybridized carbons (Fsp3) is 1.00. The van der Waals surface area contributed by atoms with Gasteiger partial charge in [0, 0.05) is 17.4 Å². The molecule has 0 amide bonds. The highest BCUT2D eigenvalue weighted by Crippen LogP contribution is 2.70. The molecular formula is C18H29NOS. The van der Waals surface area contributed by atoms with Crippen LogP contribution < -0.4 is 0 Å². The molecule has 3 heteroatoms. The van der Waals surface area contributed by atoms with E-state index in [9.17, 15) is 0 Å². The van der Waals surface area contributed by atoms with Gasteiger partial charge in [0.25, 0.3) is 0 Å². The first kappa shape index (κ1) is 13.7. The zero-order chi connectivity index (χ0) is 14.6. The lowest BCUT2D eigenvalue weighted by Gasteiger charge is -2.58. The van der Waals surface area contributed by atoms with E-state index in [0.717, 1.165) is 23.7 Å². The van der Waals surface area contributed by atoms with Crippen LogP contribution >= 0.6 is 11.8 Å². The number of hydroxylamine groups is 2. The van der Waals surface area contributed by atoms with Crippen molar-refractivity contribution in [3.63, 3.8) is 0 Å². The molecule has 0 N–H and O–H groups in total. The summed E-state index contributed by atoms with van der Waals surface area (Å²) in [4.78, 5) is 7.04. The second kappa shape index (κ2) is 3.84. The molecule has 4 bridgehead atoms. The topological polar surface area (TPSA) is 12.5 Å². The molecule has 4 aliphatic carbocycles. The molecule has 2 nitrogen and oxygen atoms in total. The molecule has 21 heavy (non-hydrogen) atoms. The highest BCUT2D eigenvalue weighted by molar-refractivity contribution is 8.01. The molecular weight excluding hydrogens is 278 g/mol. The zero-order valence-corrected chi connectivity index (χ0v) is 14.7. The predicted octanol–water partition coefficient (Wildman–Crippen LogP) is 4.65. The largest absolute Gasteiger partial charge is 0.279 e. The van der Waals surface area contributed by atoms with E-state index in [2.05, 4.69) is 44.5 Å². The molecule has 1 spiro atoms. The quantitative estimate of drug-likeness (QED) is 0.646. The van der Waals surface area contributed by atoms with Crippen LogP contribution in [-0.4, -0.2) is 20.9 Å². The molecule has 0 aromatic carbocycles. The maximum Gasteiger partial charge on any atom is 0.142 e. The molecule has 6 rings (SSSR count). The van der Waals surface area contributed by atoms with Crippen molar-refractivity contribution in [3.05, 3.63) is 0 Å². The van der Waals surface area contributed by atoms with Crippen LogP contribution in [0.3, 0.4) is 0 Å². The normalized spacial score (nSPS) is 56.3. The minimum Gasteiger partial charge on any atom is -0.279 e. The van der Waals surface area contributed by atoms with Crippen LogP contribution in [0.1, 0.15) is 66.2 Å². The summed E-state index contributed by atoms with van der Waals surface area (Å²) in [6.07, 6.45) is 8.55. The number of nitrogens with zero attached hydrogens (tertiary/aromatic N) is 1. The molecule has 0 aromatic rings. The van der Waals surface area contributed by atoms with Crippen LogP contribution in [-0.2, 0) is 4.84 Å². The summed E-state index contributed by atoms with van der Waals surface area (Å²) in [6.45, 7) is 9.66. The Kier molecular flexibility index (Phi) is 2.50. The van der Waals surface area contributed by atoms with E-state index in [1.54, 1.807) is 0 Å². The third kappa shape index (κ3) is 1.64. The van der Waals surface area contributed by atoms with Crippen molar-refractivity contribution in [1.29, 1.82) is 0 Å². The Morgan fingerprint density at radius 3 is 2.00 bits per heavy atom. The van der Waals surface area contributed by atoms with Gasteiger partial charge < -0.3 is 0 Å². The van der Waals surface area contributed by atoms with Gasteiger partial charge in [-0.15, -0.1) is 11.8 Å². The maximum absolute atomic E-state index is 6.90. The van der Waals surface area contributed by atoms with Crippen LogP contribution in [0.25, 0.3) is 0 Å². The number of rotatable bonds is 0. The van der Waals surface area contributed by atoms with Crippen molar-refractivity contribution < 1.29 is 4.84 Å². The molecule has 2 saturated heterocycles. The number of thioether (sulfide) groups is 1. The first-order chi connectivity index (χ1) is 9.80. The van der Waals surface area contributed by atoms with Crippen molar-refractivity contribution in [2.45, 2.75) is 82.1 Å². The van der Waals surface area contributed by atoms with Crippen LogP contribution in [0.2, 0.25) is 0 Å². The average Bonchev–Trinajstić information content (AvgIpc) is 2.83.